The Morgan fingerprint density at radius 1 is 1.07 bits per heavy atom. The van der Waals surface area contributed by atoms with Gasteiger partial charge in [-0.1, -0.05) is 57.2 Å². The van der Waals surface area contributed by atoms with E-state index in [0.29, 0.717) is 26.1 Å². The summed E-state index contributed by atoms with van der Waals surface area (Å²) < 4.78 is 7.93. The zero-order valence-electron chi connectivity index (χ0n) is 16.3. The smallest absolute Gasteiger partial charge is 0.250 e. The average Bonchev–Trinajstić information content (AvgIpc) is 2.67. The first-order valence-corrected chi connectivity index (χ1v) is 9.48. The van der Waals surface area contributed by atoms with Crippen LogP contribution in [-0.4, -0.2) is 34.6 Å². The van der Waals surface area contributed by atoms with Gasteiger partial charge in [-0.05, 0) is 17.0 Å². The Morgan fingerprint density at radius 3 is 2.44 bits per heavy atom. The van der Waals surface area contributed by atoms with Crippen molar-refractivity contribution in [3.63, 3.8) is 0 Å². The highest BCUT2D eigenvalue weighted by Crippen LogP contribution is 2.33. The number of hydrogen-bond donors (Lipinski definition) is 0. The number of benzene rings is 1. The van der Waals surface area contributed by atoms with Crippen LogP contribution in [-0.2, 0) is 16.1 Å². The molecular weight excluding hydrogens is 340 g/mol. The summed E-state index contributed by atoms with van der Waals surface area (Å²) in [7, 11) is 0. The lowest BCUT2D eigenvalue weighted by molar-refractivity contribution is -0.157. The van der Waals surface area contributed by atoms with E-state index >= 15 is 0 Å². The van der Waals surface area contributed by atoms with Crippen molar-refractivity contribution in [1.29, 1.82) is 0 Å². The summed E-state index contributed by atoms with van der Waals surface area (Å²) in [5, 5.41) is 0. The molecule has 5 heteroatoms. The van der Waals surface area contributed by atoms with Gasteiger partial charge in [0.25, 0.3) is 5.56 Å². The summed E-state index contributed by atoms with van der Waals surface area (Å²) in [5.74, 6) is 0.0595. The standard InChI is InChI=1S/C22H28N2O3/c1-22(2,3)19-16-24(15-18(27-19)17-9-5-4-6-10-17)21(26)12-14-23-13-8-7-11-20(23)25/h4-11,13,18-19H,12,14-16H2,1-3H3/t18-,19+/m0/s1. The highest BCUT2D eigenvalue weighted by atomic mass is 16.5. The van der Waals surface area contributed by atoms with E-state index in [9.17, 15) is 9.59 Å². The molecule has 1 aliphatic rings. The van der Waals surface area contributed by atoms with Gasteiger partial charge in [-0.2, -0.15) is 0 Å². The molecule has 2 atom stereocenters. The van der Waals surface area contributed by atoms with Crippen molar-refractivity contribution in [2.24, 2.45) is 5.41 Å². The molecule has 1 aromatic carbocycles. The van der Waals surface area contributed by atoms with Gasteiger partial charge >= 0.3 is 0 Å². The lowest BCUT2D eigenvalue weighted by atomic mass is 9.87. The summed E-state index contributed by atoms with van der Waals surface area (Å²) in [6, 6.07) is 15.1. The molecule has 144 valence electrons. The van der Waals surface area contributed by atoms with Gasteiger partial charge in [-0.15, -0.1) is 0 Å². The van der Waals surface area contributed by atoms with Crippen molar-refractivity contribution >= 4 is 5.91 Å². The topological polar surface area (TPSA) is 51.5 Å². The van der Waals surface area contributed by atoms with E-state index in [1.54, 1.807) is 16.8 Å². The molecule has 0 N–H and O–H groups in total. The number of carbonyl (C=O) groups is 1. The maximum atomic E-state index is 12.9. The van der Waals surface area contributed by atoms with Gasteiger partial charge in [0.2, 0.25) is 5.91 Å². The Labute approximate surface area is 160 Å². The third-order valence-corrected chi connectivity index (χ3v) is 5.06. The van der Waals surface area contributed by atoms with Gasteiger partial charge in [0.05, 0.1) is 12.6 Å². The molecule has 27 heavy (non-hydrogen) atoms. The fraction of sp³-hybridized carbons (Fsp3) is 0.455. The van der Waals surface area contributed by atoms with Crippen LogP contribution in [0.2, 0.25) is 0 Å². The van der Waals surface area contributed by atoms with E-state index in [1.165, 1.54) is 6.07 Å². The van der Waals surface area contributed by atoms with Gasteiger partial charge in [-0.3, -0.25) is 9.59 Å². The van der Waals surface area contributed by atoms with Crippen molar-refractivity contribution in [3.05, 3.63) is 70.6 Å². The minimum absolute atomic E-state index is 0.0418. The Bertz CT molecular complexity index is 823. The molecule has 0 radical (unpaired) electrons. The van der Waals surface area contributed by atoms with E-state index in [2.05, 4.69) is 20.8 Å². The van der Waals surface area contributed by atoms with Crippen molar-refractivity contribution in [2.75, 3.05) is 13.1 Å². The molecule has 0 unspecified atom stereocenters. The Morgan fingerprint density at radius 2 is 1.78 bits per heavy atom. The molecule has 1 saturated heterocycles. The largest absolute Gasteiger partial charge is 0.366 e. The van der Waals surface area contributed by atoms with Crippen LogP contribution in [0.15, 0.2) is 59.5 Å². The van der Waals surface area contributed by atoms with Crippen LogP contribution in [0, 0.1) is 5.41 Å². The Hall–Kier alpha value is -2.40. The van der Waals surface area contributed by atoms with E-state index in [0.717, 1.165) is 5.56 Å². The fourth-order valence-electron chi connectivity index (χ4n) is 3.31. The lowest BCUT2D eigenvalue weighted by Crippen LogP contribution is -2.51. The zero-order valence-corrected chi connectivity index (χ0v) is 16.3. The van der Waals surface area contributed by atoms with Gasteiger partial charge in [0, 0.05) is 31.8 Å². The number of morpholine rings is 1. The third-order valence-electron chi connectivity index (χ3n) is 5.06. The van der Waals surface area contributed by atoms with E-state index < -0.39 is 0 Å². The predicted octanol–water partition coefficient (Wildman–Crippen LogP) is 3.25. The summed E-state index contributed by atoms with van der Waals surface area (Å²) in [5.41, 5.74) is 0.938. The number of hydrogen-bond acceptors (Lipinski definition) is 3. The summed E-state index contributed by atoms with van der Waals surface area (Å²) in [4.78, 5) is 26.6. The molecule has 0 aliphatic carbocycles. The highest BCUT2D eigenvalue weighted by Gasteiger charge is 2.37. The number of rotatable bonds is 4. The van der Waals surface area contributed by atoms with Gasteiger partial charge < -0.3 is 14.2 Å². The number of aryl methyl sites for hydroxylation is 1. The van der Waals surface area contributed by atoms with Gasteiger partial charge in [0.1, 0.15) is 6.10 Å². The van der Waals surface area contributed by atoms with E-state index in [1.807, 2.05) is 41.3 Å². The van der Waals surface area contributed by atoms with Crippen molar-refractivity contribution < 1.29 is 9.53 Å². The minimum atomic E-state index is -0.132. The first-order chi connectivity index (χ1) is 12.8. The number of ether oxygens (including phenoxy) is 1. The number of carbonyl (C=O) groups excluding carboxylic acids is 1. The van der Waals surface area contributed by atoms with Crippen LogP contribution in [0.4, 0.5) is 0 Å². The molecule has 2 heterocycles. The Kier molecular flexibility index (Phi) is 5.80. The molecule has 1 aromatic heterocycles. The molecule has 0 spiro atoms. The van der Waals surface area contributed by atoms with Crippen LogP contribution >= 0.6 is 0 Å². The fourth-order valence-corrected chi connectivity index (χ4v) is 3.31. The minimum Gasteiger partial charge on any atom is -0.366 e. The second kappa shape index (κ2) is 8.09. The van der Waals surface area contributed by atoms with Crippen LogP contribution in [0.3, 0.4) is 0 Å². The number of aromatic nitrogens is 1. The molecule has 1 amide bonds. The van der Waals surface area contributed by atoms with Crippen molar-refractivity contribution in [1.82, 2.24) is 9.47 Å². The van der Waals surface area contributed by atoms with Crippen LogP contribution in [0.5, 0.6) is 0 Å². The van der Waals surface area contributed by atoms with Gasteiger partial charge in [0.15, 0.2) is 0 Å². The third kappa shape index (κ3) is 4.86. The summed E-state index contributed by atoms with van der Waals surface area (Å²) in [6.45, 7) is 7.92. The van der Waals surface area contributed by atoms with E-state index in [-0.39, 0.29) is 29.1 Å². The maximum absolute atomic E-state index is 12.9. The second-order valence-corrected chi connectivity index (χ2v) is 8.17. The quantitative estimate of drug-likeness (QED) is 0.832. The van der Waals surface area contributed by atoms with Crippen LogP contribution in [0.1, 0.15) is 38.9 Å². The van der Waals surface area contributed by atoms with Crippen LogP contribution in [0.25, 0.3) is 0 Å². The molecule has 1 fully saturated rings. The molecule has 3 rings (SSSR count). The SMILES string of the molecule is CC(C)(C)[C@H]1CN(C(=O)CCn2ccccc2=O)C[C@@H](c2ccccc2)O1. The second-order valence-electron chi connectivity index (χ2n) is 8.17. The highest BCUT2D eigenvalue weighted by molar-refractivity contribution is 5.76. The molecule has 1 aliphatic heterocycles. The molecule has 5 nitrogen and oxygen atoms in total. The number of nitrogens with zero attached hydrogens (tertiary/aromatic N) is 2. The predicted molar refractivity (Wildman–Crippen MR) is 105 cm³/mol. The monoisotopic (exact) mass is 368 g/mol. The molecule has 0 saturated carbocycles. The zero-order chi connectivity index (χ0) is 19.4. The maximum Gasteiger partial charge on any atom is 0.250 e. The normalized spacial score (nSPS) is 20.5. The summed E-state index contributed by atoms with van der Waals surface area (Å²) in [6.07, 6.45) is 1.86. The Balaban J connectivity index is 1.73. The molecule has 0 bridgehead atoms. The van der Waals surface area contributed by atoms with Crippen molar-refractivity contribution in [2.45, 2.75) is 45.9 Å². The van der Waals surface area contributed by atoms with Gasteiger partial charge in [-0.25, -0.2) is 0 Å². The van der Waals surface area contributed by atoms with Crippen LogP contribution < -0.4 is 5.56 Å². The molecular formula is C22H28N2O3. The van der Waals surface area contributed by atoms with E-state index in [4.69, 9.17) is 4.74 Å². The number of pyridine rings is 1. The first-order valence-electron chi connectivity index (χ1n) is 9.48. The number of amides is 1. The van der Waals surface area contributed by atoms with Crippen molar-refractivity contribution in [3.8, 4) is 0 Å². The summed E-state index contributed by atoms with van der Waals surface area (Å²) >= 11 is 0. The lowest BCUT2D eigenvalue weighted by Gasteiger charge is -2.43. The first kappa shape index (κ1) is 19.4. The molecule has 2 aromatic rings. The average molecular weight is 368 g/mol.